The Morgan fingerprint density at radius 1 is 1.71 bits per heavy atom. The molecule has 0 radical (unpaired) electrons. The van der Waals surface area contributed by atoms with E-state index < -0.39 is 0 Å². The van der Waals surface area contributed by atoms with Crippen molar-refractivity contribution in [3.8, 4) is 0 Å². The summed E-state index contributed by atoms with van der Waals surface area (Å²) >= 11 is 0. The summed E-state index contributed by atoms with van der Waals surface area (Å²) in [4.78, 5) is 15.3. The van der Waals surface area contributed by atoms with Gasteiger partial charge in [-0.25, -0.2) is 4.98 Å². The lowest BCUT2D eigenvalue weighted by molar-refractivity contribution is 0.0944. The van der Waals surface area contributed by atoms with Crippen molar-refractivity contribution in [2.45, 2.75) is 0 Å². The molecule has 1 aromatic rings. The van der Waals surface area contributed by atoms with Gasteiger partial charge >= 0.3 is 0 Å². The van der Waals surface area contributed by atoms with Gasteiger partial charge in [-0.1, -0.05) is 12.2 Å². The topological polar surface area (TPSA) is 72.9 Å². The summed E-state index contributed by atoms with van der Waals surface area (Å²) in [5.41, 5.74) is 5.25. The Balaban J connectivity index is 2.44. The van der Waals surface area contributed by atoms with E-state index in [1.807, 2.05) is 0 Å². The number of carbonyl (C=O) groups is 1. The van der Waals surface area contributed by atoms with Crippen LogP contribution in [0.1, 0.15) is 10.6 Å². The molecule has 76 valence electrons. The predicted octanol–water partition coefficient (Wildman–Crippen LogP) is -0.335. The zero-order chi connectivity index (χ0) is 10.4. The molecule has 0 saturated heterocycles. The van der Waals surface area contributed by atoms with Crippen LogP contribution in [0.15, 0.2) is 24.5 Å². The fourth-order valence-corrected chi connectivity index (χ4v) is 0.995. The smallest absolute Gasteiger partial charge is 0.287 e. The first-order chi connectivity index (χ1) is 6.75. The van der Waals surface area contributed by atoms with Gasteiger partial charge in [-0.05, 0) is 0 Å². The molecule has 0 spiro atoms. The molecule has 14 heavy (non-hydrogen) atoms. The zero-order valence-electron chi connectivity index (χ0n) is 8.10. The van der Waals surface area contributed by atoms with E-state index in [1.165, 1.54) is 0 Å². The molecule has 5 nitrogen and oxygen atoms in total. The maximum Gasteiger partial charge on any atom is 0.287 e. The predicted molar refractivity (Wildman–Crippen MR) is 53.7 cm³/mol. The van der Waals surface area contributed by atoms with Gasteiger partial charge in [0.1, 0.15) is 0 Å². The Morgan fingerprint density at radius 2 is 2.50 bits per heavy atom. The van der Waals surface area contributed by atoms with Crippen LogP contribution in [0.2, 0.25) is 0 Å². The zero-order valence-corrected chi connectivity index (χ0v) is 8.10. The van der Waals surface area contributed by atoms with Gasteiger partial charge in [0.15, 0.2) is 5.82 Å². The Labute approximate surface area is 82.6 Å². The molecule has 0 atom stereocenters. The number of amides is 1. The molecule has 0 fully saturated rings. The number of nitrogens with two attached hydrogens (primary N) is 1. The molecule has 0 bridgehead atoms. The highest BCUT2D eigenvalue weighted by atomic mass is 16.2. The van der Waals surface area contributed by atoms with Crippen LogP contribution in [-0.4, -0.2) is 28.5 Å². The lowest BCUT2D eigenvalue weighted by Crippen LogP contribution is -2.26. The van der Waals surface area contributed by atoms with Crippen molar-refractivity contribution in [3.63, 3.8) is 0 Å². The number of hydrogen-bond acceptors (Lipinski definition) is 3. The quantitative estimate of drug-likeness (QED) is 0.644. The summed E-state index contributed by atoms with van der Waals surface area (Å²) in [6.07, 6.45) is 6.91. The van der Waals surface area contributed by atoms with Crippen LogP contribution in [0.5, 0.6) is 0 Å². The fraction of sp³-hybridized carbons (Fsp3) is 0.333. The molecule has 0 aliphatic carbocycles. The Morgan fingerprint density at radius 3 is 3.07 bits per heavy atom. The molecule has 0 saturated carbocycles. The van der Waals surface area contributed by atoms with E-state index in [0.717, 1.165) is 0 Å². The Hall–Kier alpha value is -1.62. The lowest BCUT2D eigenvalue weighted by Gasteiger charge is -2.01. The van der Waals surface area contributed by atoms with Crippen LogP contribution in [0.3, 0.4) is 0 Å². The highest BCUT2D eigenvalue weighted by Crippen LogP contribution is 1.92. The second-order valence-electron chi connectivity index (χ2n) is 2.78. The van der Waals surface area contributed by atoms with Crippen molar-refractivity contribution in [1.82, 2.24) is 14.9 Å². The van der Waals surface area contributed by atoms with E-state index in [-0.39, 0.29) is 5.91 Å². The van der Waals surface area contributed by atoms with Crippen molar-refractivity contribution < 1.29 is 4.79 Å². The van der Waals surface area contributed by atoms with Crippen LogP contribution in [-0.2, 0) is 7.05 Å². The van der Waals surface area contributed by atoms with Crippen molar-refractivity contribution >= 4 is 5.91 Å². The van der Waals surface area contributed by atoms with Crippen LogP contribution in [0.4, 0.5) is 0 Å². The van der Waals surface area contributed by atoms with Crippen LogP contribution in [0, 0.1) is 0 Å². The second-order valence-corrected chi connectivity index (χ2v) is 2.78. The van der Waals surface area contributed by atoms with Crippen molar-refractivity contribution in [2.75, 3.05) is 13.1 Å². The number of carbonyl (C=O) groups excluding carboxylic acids is 1. The highest BCUT2D eigenvalue weighted by molar-refractivity contribution is 5.90. The molecule has 0 unspecified atom stereocenters. The summed E-state index contributed by atoms with van der Waals surface area (Å²) in [7, 11) is 1.78. The van der Waals surface area contributed by atoms with Gasteiger partial charge in [0.2, 0.25) is 0 Å². The Kier molecular flexibility index (Phi) is 3.87. The normalized spacial score (nSPS) is 10.7. The van der Waals surface area contributed by atoms with E-state index in [1.54, 1.807) is 36.2 Å². The molecule has 3 N–H and O–H groups in total. The van der Waals surface area contributed by atoms with E-state index >= 15 is 0 Å². The van der Waals surface area contributed by atoms with Gasteiger partial charge in [0.25, 0.3) is 5.91 Å². The largest absolute Gasteiger partial charge is 0.346 e. The maximum atomic E-state index is 11.4. The number of rotatable bonds is 4. The third-order valence-electron chi connectivity index (χ3n) is 1.71. The third-order valence-corrected chi connectivity index (χ3v) is 1.71. The molecule has 1 aromatic heterocycles. The molecule has 1 rings (SSSR count). The minimum Gasteiger partial charge on any atom is -0.346 e. The number of aromatic nitrogens is 2. The number of aryl methyl sites for hydroxylation is 1. The van der Waals surface area contributed by atoms with Gasteiger partial charge < -0.3 is 15.6 Å². The minimum absolute atomic E-state index is 0.181. The highest BCUT2D eigenvalue weighted by Gasteiger charge is 2.08. The summed E-state index contributed by atoms with van der Waals surface area (Å²) in [5, 5.41) is 2.70. The van der Waals surface area contributed by atoms with E-state index in [4.69, 9.17) is 5.73 Å². The maximum absolute atomic E-state index is 11.4. The number of nitrogens with zero attached hydrogens (tertiary/aromatic N) is 2. The Bertz CT molecular complexity index is 329. The van der Waals surface area contributed by atoms with Crippen molar-refractivity contribution in [3.05, 3.63) is 30.4 Å². The molecule has 1 amide bonds. The molecule has 0 aliphatic rings. The molecular weight excluding hydrogens is 180 g/mol. The van der Waals surface area contributed by atoms with Gasteiger partial charge in [0, 0.05) is 32.5 Å². The minimum atomic E-state index is -0.181. The van der Waals surface area contributed by atoms with Gasteiger partial charge in [-0.15, -0.1) is 0 Å². The SMILES string of the molecule is Cn1ccnc1C(=O)NC/C=C/CN. The molecular formula is C9H14N4O. The number of imidazole rings is 1. The second kappa shape index (κ2) is 5.18. The summed E-state index contributed by atoms with van der Waals surface area (Å²) in [5.74, 6) is 0.227. The summed E-state index contributed by atoms with van der Waals surface area (Å²) in [6.45, 7) is 0.959. The van der Waals surface area contributed by atoms with E-state index in [0.29, 0.717) is 18.9 Å². The molecule has 0 aliphatic heterocycles. The van der Waals surface area contributed by atoms with E-state index in [2.05, 4.69) is 10.3 Å². The van der Waals surface area contributed by atoms with Gasteiger partial charge in [-0.2, -0.15) is 0 Å². The van der Waals surface area contributed by atoms with E-state index in [9.17, 15) is 4.79 Å². The standard InChI is InChI=1S/C9H14N4O/c1-13-7-6-11-8(13)9(14)12-5-3-2-4-10/h2-3,6-7H,4-5,10H2,1H3,(H,12,14)/b3-2+. The first kappa shape index (κ1) is 10.5. The van der Waals surface area contributed by atoms with Gasteiger partial charge in [-0.3, -0.25) is 4.79 Å². The summed E-state index contributed by atoms with van der Waals surface area (Å²) < 4.78 is 1.67. The fourth-order valence-electron chi connectivity index (χ4n) is 0.995. The molecule has 5 heteroatoms. The van der Waals surface area contributed by atoms with Crippen LogP contribution >= 0.6 is 0 Å². The van der Waals surface area contributed by atoms with Crippen molar-refractivity contribution in [2.24, 2.45) is 12.8 Å². The average Bonchev–Trinajstić information content (AvgIpc) is 2.59. The molecule has 0 aromatic carbocycles. The summed E-state index contributed by atoms with van der Waals surface area (Å²) in [6, 6.07) is 0. The first-order valence-electron chi connectivity index (χ1n) is 4.36. The van der Waals surface area contributed by atoms with Gasteiger partial charge in [0.05, 0.1) is 0 Å². The van der Waals surface area contributed by atoms with Crippen molar-refractivity contribution in [1.29, 1.82) is 0 Å². The first-order valence-corrected chi connectivity index (χ1v) is 4.36. The average molecular weight is 194 g/mol. The van der Waals surface area contributed by atoms with Crippen LogP contribution in [0.25, 0.3) is 0 Å². The number of nitrogens with one attached hydrogen (secondary N) is 1. The number of hydrogen-bond donors (Lipinski definition) is 2. The lowest BCUT2D eigenvalue weighted by atomic mass is 10.4. The molecule has 1 heterocycles. The third kappa shape index (κ3) is 2.70. The van der Waals surface area contributed by atoms with Crippen LogP contribution < -0.4 is 11.1 Å². The monoisotopic (exact) mass is 194 g/mol.